The first kappa shape index (κ1) is 14.7. The molecule has 0 spiro atoms. The molecular weight excluding hydrogens is 324 g/mol. The molecular formula is C14H17BrN2OS. The van der Waals surface area contributed by atoms with E-state index >= 15 is 0 Å². The summed E-state index contributed by atoms with van der Waals surface area (Å²) in [6, 6.07) is 6.33. The van der Waals surface area contributed by atoms with Crippen LogP contribution in [0.2, 0.25) is 0 Å². The monoisotopic (exact) mass is 340 g/mol. The number of halogens is 1. The average molecular weight is 341 g/mol. The predicted molar refractivity (Wildman–Crippen MR) is 83.5 cm³/mol. The quantitative estimate of drug-likeness (QED) is 0.899. The molecule has 1 aromatic heterocycles. The normalized spacial score (nSPS) is 10.9. The number of thiazole rings is 1. The summed E-state index contributed by atoms with van der Waals surface area (Å²) >= 11 is 5.29. The third-order valence-corrected chi connectivity index (χ3v) is 4.82. The summed E-state index contributed by atoms with van der Waals surface area (Å²) in [5, 5.41) is 4.21. The van der Waals surface area contributed by atoms with Crippen LogP contribution in [0.25, 0.3) is 10.6 Å². The fourth-order valence-corrected chi connectivity index (χ4v) is 3.23. The third kappa shape index (κ3) is 3.42. The van der Waals surface area contributed by atoms with Crippen LogP contribution in [-0.4, -0.2) is 19.1 Å². The molecule has 19 heavy (non-hydrogen) atoms. The van der Waals surface area contributed by atoms with Gasteiger partial charge in [-0.1, -0.05) is 28.1 Å². The molecule has 0 radical (unpaired) electrons. The molecule has 5 heteroatoms. The molecule has 0 amide bonds. The lowest BCUT2D eigenvalue weighted by molar-refractivity contribution is 0.181. The summed E-state index contributed by atoms with van der Waals surface area (Å²) in [4.78, 5) is 5.92. The second kappa shape index (κ2) is 6.61. The van der Waals surface area contributed by atoms with Crippen molar-refractivity contribution in [3.8, 4) is 10.6 Å². The standard InChI is InChI=1S/C14H17BrN2OS/c1-9-4-5-10(6-11(9)15)14-17-12(8-18-3)13(19-14)7-16-2/h4-6,16H,7-8H2,1-3H3. The number of nitrogens with one attached hydrogen (secondary N) is 1. The molecule has 0 saturated carbocycles. The molecule has 2 rings (SSSR count). The molecule has 2 aromatic rings. The van der Waals surface area contributed by atoms with Crippen LogP contribution in [0.15, 0.2) is 22.7 Å². The van der Waals surface area contributed by atoms with E-state index in [0.717, 1.165) is 27.3 Å². The number of hydrogen-bond acceptors (Lipinski definition) is 4. The molecule has 0 aliphatic heterocycles. The largest absolute Gasteiger partial charge is 0.378 e. The summed E-state index contributed by atoms with van der Waals surface area (Å²) in [5.74, 6) is 0. The molecule has 102 valence electrons. The molecule has 1 aromatic carbocycles. The maximum Gasteiger partial charge on any atom is 0.124 e. The van der Waals surface area contributed by atoms with Crippen molar-refractivity contribution in [2.45, 2.75) is 20.1 Å². The zero-order chi connectivity index (χ0) is 13.8. The van der Waals surface area contributed by atoms with Crippen molar-refractivity contribution in [1.29, 1.82) is 0 Å². The van der Waals surface area contributed by atoms with Crippen LogP contribution in [0, 0.1) is 6.92 Å². The van der Waals surface area contributed by atoms with Gasteiger partial charge in [0.05, 0.1) is 12.3 Å². The molecule has 0 unspecified atom stereocenters. The van der Waals surface area contributed by atoms with E-state index in [0.29, 0.717) is 6.61 Å². The first-order valence-electron chi connectivity index (χ1n) is 6.04. The van der Waals surface area contributed by atoms with E-state index < -0.39 is 0 Å². The highest BCUT2D eigenvalue weighted by atomic mass is 79.9. The van der Waals surface area contributed by atoms with Crippen LogP contribution in [0.4, 0.5) is 0 Å². The van der Waals surface area contributed by atoms with Crippen molar-refractivity contribution in [2.24, 2.45) is 0 Å². The van der Waals surface area contributed by atoms with Gasteiger partial charge in [0.2, 0.25) is 0 Å². The SMILES string of the molecule is CNCc1sc(-c2ccc(C)c(Br)c2)nc1COC. The fraction of sp³-hybridized carbons (Fsp3) is 0.357. The number of ether oxygens (including phenoxy) is 1. The lowest BCUT2D eigenvalue weighted by Gasteiger charge is -2.00. The summed E-state index contributed by atoms with van der Waals surface area (Å²) in [6.45, 7) is 3.46. The van der Waals surface area contributed by atoms with Gasteiger partial charge in [-0.05, 0) is 25.6 Å². The van der Waals surface area contributed by atoms with Crippen molar-refractivity contribution in [3.05, 3.63) is 38.8 Å². The summed E-state index contributed by atoms with van der Waals surface area (Å²) in [6.07, 6.45) is 0. The van der Waals surface area contributed by atoms with Crippen LogP contribution in [0.3, 0.4) is 0 Å². The minimum absolute atomic E-state index is 0.556. The van der Waals surface area contributed by atoms with Crippen LogP contribution in [0.1, 0.15) is 16.1 Å². The first-order chi connectivity index (χ1) is 9.15. The number of hydrogen-bond donors (Lipinski definition) is 1. The third-order valence-electron chi connectivity index (χ3n) is 2.82. The molecule has 0 atom stereocenters. The number of benzene rings is 1. The Balaban J connectivity index is 2.38. The highest BCUT2D eigenvalue weighted by molar-refractivity contribution is 9.10. The second-order valence-corrected chi connectivity index (χ2v) is 6.25. The van der Waals surface area contributed by atoms with Crippen molar-refractivity contribution in [3.63, 3.8) is 0 Å². The number of rotatable bonds is 5. The van der Waals surface area contributed by atoms with E-state index in [1.54, 1.807) is 18.4 Å². The van der Waals surface area contributed by atoms with Crippen LogP contribution < -0.4 is 5.32 Å². The van der Waals surface area contributed by atoms with Gasteiger partial charge in [0.1, 0.15) is 5.01 Å². The van der Waals surface area contributed by atoms with Gasteiger partial charge < -0.3 is 10.1 Å². The molecule has 0 aliphatic carbocycles. The van der Waals surface area contributed by atoms with Crippen molar-refractivity contribution >= 4 is 27.3 Å². The molecule has 3 nitrogen and oxygen atoms in total. The van der Waals surface area contributed by atoms with Crippen molar-refractivity contribution in [2.75, 3.05) is 14.2 Å². The van der Waals surface area contributed by atoms with E-state index in [1.807, 2.05) is 7.05 Å². The van der Waals surface area contributed by atoms with Crippen LogP contribution in [0.5, 0.6) is 0 Å². The van der Waals surface area contributed by atoms with Gasteiger partial charge in [0, 0.05) is 28.6 Å². The highest BCUT2D eigenvalue weighted by Crippen LogP contribution is 2.31. The maximum absolute atomic E-state index is 5.21. The fourth-order valence-electron chi connectivity index (χ4n) is 1.78. The lowest BCUT2D eigenvalue weighted by atomic mass is 10.2. The lowest BCUT2D eigenvalue weighted by Crippen LogP contribution is -2.06. The second-order valence-electron chi connectivity index (χ2n) is 4.32. The molecule has 1 heterocycles. The Bertz CT molecular complexity index is 545. The van der Waals surface area contributed by atoms with Gasteiger partial charge in [0.25, 0.3) is 0 Å². The molecule has 0 fully saturated rings. The van der Waals surface area contributed by atoms with E-state index in [1.165, 1.54) is 10.4 Å². The Labute approximate surface area is 126 Å². The van der Waals surface area contributed by atoms with E-state index in [-0.39, 0.29) is 0 Å². The van der Waals surface area contributed by atoms with Gasteiger partial charge in [-0.15, -0.1) is 11.3 Å². The van der Waals surface area contributed by atoms with Gasteiger partial charge >= 0.3 is 0 Å². The topological polar surface area (TPSA) is 34.2 Å². The summed E-state index contributed by atoms with van der Waals surface area (Å²) in [5.41, 5.74) is 3.39. The average Bonchev–Trinajstić information content (AvgIpc) is 2.77. The zero-order valence-corrected chi connectivity index (χ0v) is 13.7. The number of aromatic nitrogens is 1. The smallest absolute Gasteiger partial charge is 0.124 e. The Kier molecular flexibility index (Phi) is 5.10. The number of methoxy groups -OCH3 is 1. The Morgan fingerprint density at radius 3 is 2.84 bits per heavy atom. The Hall–Kier alpha value is -0.750. The number of aryl methyl sites for hydroxylation is 1. The molecule has 0 bridgehead atoms. The van der Waals surface area contributed by atoms with Crippen molar-refractivity contribution in [1.82, 2.24) is 10.3 Å². The van der Waals surface area contributed by atoms with Crippen LogP contribution >= 0.6 is 27.3 Å². The maximum atomic E-state index is 5.21. The minimum Gasteiger partial charge on any atom is -0.378 e. The van der Waals surface area contributed by atoms with Crippen LogP contribution in [-0.2, 0) is 17.9 Å². The first-order valence-corrected chi connectivity index (χ1v) is 7.65. The summed E-state index contributed by atoms with van der Waals surface area (Å²) < 4.78 is 6.33. The van der Waals surface area contributed by atoms with E-state index in [2.05, 4.69) is 46.4 Å². The van der Waals surface area contributed by atoms with Crippen molar-refractivity contribution < 1.29 is 4.74 Å². The Morgan fingerprint density at radius 1 is 1.42 bits per heavy atom. The van der Waals surface area contributed by atoms with Gasteiger partial charge in [0.15, 0.2) is 0 Å². The molecule has 0 aliphatic rings. The summed E-state index contributed by atoms with van der Waals surface area (Å²) in [7, 11) is 3.64. The predicted octanol–water partition coefficient (Wildman–Crippen LogP) is 3.75. The molecule has 0 saturated heterocycles. The minimum atomic E-state index is 0.556. The highest BCUT2D eigenvalue weighted by Gasteiger charge is 2.12. The van der Waals surface area contributed by atoms with Gasteiger partial charge in [-0.2, -0.15) is 0 Å². The number of nitrogens with zero attached hydrogens (tertiary/aromatic N) is 1. The van der Waals surface area contributed by atoms with E-state index in [4.69, 9.17) is 9.72 Å². The van der Waals surface area contributed by atoms with Gasteiger partial charge in [-0.3, -0.25) is 0 Å². The molecule has 1 N–H and O–H groups in total. The zero-order valence-electron chi connectivity index (χ0n) is 11.3. The van der Waals surface area contributed by atoms with E-state index in [9.17, 15) is 0 Å². The van der Waals surface area contributed by atoms with Gasteiger partial charge in [-0.25, -0.2) is 4.98 Å². The Morgan fingerprint density at radius 2 is 2.21 bits per heavy atom.